The molecular weight excluding hydrogens is 364 g/mol. The van der Waals surface area contributed by atoms with Gasteiger partial charge in [-0.15, -0.1) is 0 Å². The summed E-state index contributed by atoms with van der Waals surface area (Å²) in [5.74, 6) is 0.649. The van der Waals surface area contributed by atoms with E-state index in [-0.39, 0.29) is 0 Å². The van der Waals surface area contributed by atoms with Gasteiger partial charge in [0.15, 0.2) is 0 Å². The van der Waals surface area contributed by atoms with Crippen LogP contribution in [0, 0.1) is 0 Å². The minimum Gasteiger partial charge on any atom is -0.492 e. The predicted molar refractivity (Wildman–Crippen MR) is 94.7 cm³/mol. The molecule has 0 atom stereocenters. The maximum absolute atomic E-state index is 6.03. The van der Waals surface area contributed by atoms with Gasteiger partial charge in [-0.1, -0.05) is 52.5 Å². The fraction of sp³-hybridized carbons (Fsp3) is 0.250. The lowest BCUT2D eigenvalue weighted by atomic mass is 10.2. The van der Waals surface area contributed by atoms with Crippen LogP contribution < -0.4 is 10.1 Å². The standard InChI is InChI=1S/C16H15Cl4NO/c17-12-3-5-16(15(20)9-12)22-7-1-6-21-10-11-2-4-13(18)14(19)8-11/h2-5,8-9,21H,1,6-7,10H2. The van der Waals surface area contributed by atoms with Gasteiger partial charge >= 0.3 is 0 Å². The molecule has 2 aromatic carbocycles. The largest absolute Gasteiger partial charge is 0.492 e. The van der Waals surface area contributed by atoms with Crippen molar-refractivity contribution in [2.75, 3.05) is 13.2 Å². The van der Waals surface area contributed by atoms with E-state index in [0.29, 0.717) is 32.4 Å². The lowest BCUT2D eigenvalue weighted by molar-refractivity contribution is 0.308. The van der Waals surface area contributed by atoms with Crippen molar-refractivity contribution in [1.82, 2.24) is 5.32 Å². The van der Waals surface area contributed by atoms with Crippen LogP contribution in [-0.2, 0) is 6.54 Å². The molecule has 0 aliphatic rings. The van der Waals surface area contributed by atoms with Crippen molar-refractivity contribution in [3.05, 3.63) is 62.1 Å². The number of hydrogen-bond donors (Lipinski definition) is 1. The molecule has 2 rings (SSSR count). The third kappa shape index (κ3) is 5.53. The van der Waals surface area contributed by atoms with Gasteiger partial charge in [0.25, 0.3) is 0 Å². The van der Waals surface area contributed by atoms with Crippen LogP contribution in [0.2, 0.25) is 20.1 Å². The van der Waals surface area contributed by atoms with Crippen LogP contribution in [-0.4, -0.2) is 13.2 Å². The van der Waals surface area contributed by atoms with Crippen LogP contribution in [0.3, 0.4) is 0 Å². The van der Waals surface area contributed by atoms with E-state index >= 15 is 0 Å². The maximum atomic E-state index is 6.03. The molecule has 6 heteroatoms. The second kappa shape index (κ2) is 8.85. The van der Waals surface area contributed by atoms with Gasteiger partial charge in [0.1, 0.15) is 5.75 Å². The maximum Gasteiger partial charge on any atom is 0.137 e. The van der Waals surface area contributed by atoms with Crippen molar-refractivity contribution in [2.45, 2.75) is 13.0 Å². The first-order valence-corrected chi connectivity index (χ1v) is 8.30. The van der Waals surface area contributed by atoms with E-state index in [4.69, 9.17) is 51.1 Å². The number of benzene rings is 2. The molecule has 0 fully saturated rings. The van der Waals surface area contributed by atoms with E-state index in [2.05, 4.69) is 5.32 Å². The summed E-state index contributed by atoms with van der Waals surface area (Å²) in [7, 11) is 0. The number of halogens is 4. The molecule has 0 aliphatic carbocycles. The monoisotopic (exact) mass is 377 g/mol. The van der Waals surface area contributed by atoms with Crippen LogP contribution in [0.4, 0.5) is 0 Å². The normalized spacial score (nSPS) is 10.7. The molecule has 22 heavy (non-hydrogen) atoms. The average molecular weight is 379 g/mol. The molecule has 0 bridgehead atoms. The summed E-state index contributed by atoms with van der Waals surface area (Å²) in [4.78, 5) is 0. The highest BCUT2D eigenvalue weighted by atomic mass is 35.5. The van der Waals surface area contributed by atoms with E-state index in [9.17, 15) is 0 Å². The van der Waals surface area contributed by atoms with Gasteiger partial charge in [-0.2, -0.15) is 0 Å². The smallest absolute Gasteiger partial charge is 0.137 e. The van der Waals surface area contributed by atoms with Crippen molar-refractivity contribution < 1.29 is 4.74 Å². The number of nitrogens with one attached hydrogen (secondary N) is 1. The zero-order valence-corrected chi connectivity index (χ0v) is 14.7. The second-order valence-electron chi connectivity index (χ2n) is 4.70. The summed E-state index contributed by atoms with van der Waals surface area (Å²) in [6, 6.07) is 10.8. The molecule has 118 valence electrons. The molecule has 0 aromatic heterocycles. The Morgan fingerprint density at radius 3 is 2.41 bits per heavy atom. The van der Waals surface area contributed by atoms with Crippen molar-refractivity contribution in [1.29, 1.82) is 0 Å². The molecule has 0 saturated carbocycles. The third-order valence-electron chi connectivity index (χ3n) is 2.96. The summed E-state index contributed by atoms with van der Waals surface area (Å²) in [6.07, 6.45) is 0.861. The fourth-order valence-electron chi connectivity index (χ4n) is 1.85. The Hall–Kier alpha value is -0.640. The van der Waals surface area contributed by atoms with Gasteiger partial charge in [0.2, 0.25) is 0 Å². The molecule has 2 aromatic rings. The third-order valence-corrected chi connectivity index (χ3v) is 4.23. The van der Waals surface area contributed by atoms with E-state index in [0.717, 1.165) is 25.1 Å². The highest BCUT2D eigenvalue weighted by Crippen LogP contribution is 2.27. The molecule has 0 amide bonds. The SMILES string of the molecule is Clc1ccc(OCCCNCc2ccc(Cl)c(Cl)c2)c(Cl)c1. The van der Waals surface area contributed by atoms with Gasteiger partial charge in [-0.3, -0.25) is 0 Å². The van der Waals surface area contributed by atoms with Gasteiger partial charge in [0.05, 0.1) is 21.7 Å². The van der Waals surface area contributed by atoms with Crippen LogP contribution in [0.15, 0.2) is 36.4 Å². The first-order valence-electron chi connectivity index (χ1n) is 6.79. The lowest BCUT2D eigenvalue weighted by Gasteiger charge is -2.09. The average Bonchev–Trinajstić information content (AvgIpc) is 2.48. The number of hydrogen-bond acceptors (Lipinski definition) is 2. The van der Waals surface area contributed by atoms with E-state index in [1.807, 2.05) is 12.1 Å². The molecule has 2 nitrogen and oxygen atoms in total. The molecule has 0 saturated heterocycles. The molecule has 0 aliphatic heterocycles. The van der Waals surface area contributed by atoms with Gasteiger partial charge in [-0.25, -0.2) is 0 Å². The zero-order valence-electron chi connectivity index (χ0n) is 11.7. The van der Waals surface area contributed by atoms with Crippen LogP contribution in [0.5, 0.6) is 5.75 Å². The lowest BCUT2D eigenvalue weighted by Crippen LogP contribution is -2.17. The Morgan fingerprint density at radius 1 is 0.864 bits per heavy atom. The Bertz CT molecular complexity index is 634. The second-order valence-corrected chi connectivity index (χ2v) is 6.36. The zero-order chi connectivity index (χ0) is 15.9. The summed E-state index contributed by atoms with van der Waals surface area (Å²) >= 11 is 23.7. The quantitative estimate of drug-likeness (QED) is 0.609. The first kappa shape index (κ1) is 17.7. The van der Waals surface area contributed by atoms with Gasteiger partial charge in [0, 0.05) is 11.6 Å². The van der Waals surface area contributed by atoms with Crippen molar-refractivity contribution in [3.8, 4) is 5.75 Å². The molecule has 0 radical (unpaired) electrons. The Kier molecular flexibility index (Phi) is 7.13. The summed E-state index contributed by atoms with van der Waals surface area (Å²) in [6.45, 7) is 2.14. The Labute approximate surface area is 150 Å². The molecule has 0 spiro atoms. The van der Waals surface area contributed by atoms with Crippen LogP contribution in [0.25, 0.3) is 0 Å². The van der Waals surface area contributed by atoms with Crippen LogP contribution in [0.1, 0.15) is 12.0 Å². The van der Waals surface area contributed by atoms with Crippen molar-refractivity contribution in [2.24, 2.45) is 0 Å². The molecule has 0 unspecified atom stereocenters. The topological polar surface area (TPSA) is 21.3 Å². The summed E-state index contributed by atoms with van der Waals surface area (Å²) in [5, 5.41) is 5.58. The van der Waals surface area contributed by atoms with Crippen molar-refractivity contribution in [3.63, 3.8) is 0 Å². The molecule has 1 N–H and O–H groups in total. The van der Waals surface area contributed by atoms with E-state index < -0.39 is 0 Å². The number of rotatable bonds is 7. The summed E-state index contributed by atoms with van der Waals surface area (Å²) < 4.78 is 5.61. The van der Waals surface area contributed by atoms with Crippen molar-refractivity contribution >= 4 is 46.4 Å². The Balaban J connectivity index is 1.66. The molecule has 0 heterocycles. The van der Waals surface area contributed by atoms with Gasteiger partial charge < -0.3 is 10.1 Å². The summed E-state index contributed by atoms with van der Waals surface area (Å²) in [5.41, 5.74) is 1.09. The first-order chi connectivity index (χ1) is 10.6. The van der Waals surface area contributed by atoms with E-state index in [1.54, 1.807) is 24.3 Å². The minimum absolute atomic E-state index is 0.524. The highest BCUT2D eigenvalue weighted by Gasteiger charge is 2.02. The van der Waals surface area contributed by atoms with Gasteiger partial charge in [-0.05, 0) is 48.9 Å². The minimum atomic E-state index is 0.524. The van der Waals surface area contributed by atoms with Crippen LogP contribution >= 0.6 is 46.4 Å². The number of ether oxygens (including phenoxy) is 1. The fourth-order valence-corrected chi connectivity index (χ4v) is 2.64. The van der Waals surface area contributed by atoms with E-state index in [1.165, 1.54) is 0 Å². The molecular formula is C16H15Cl4NO. The highest BCUT2D eigenvalue weighted by molar-refractivity contribution is 6.42. The predicted octanol–water partition coefficient (Wildman–Crippen LogP) is 5.86. The Morgan fingerprint density at radius 2 is 1.68 bits per heavy atom.